The predicted molar refractivity (Wildman–Crippen MR) is 124 cm³/mol. The lowest BCUT2D eigenvalue weighted by Crippen LogP contribution is -2.57. The molecule has 0 aliphatic heterocycles. The molecule has 13 heteroatoms. The Kier molecular flexibility index (Phi) is 15.1. The Morgan fingerprint density at radius 1 is 0.909 bits per heavy atom. The summed E-state index contributed by atoms with van der Waals surface area (Å²) in [6.07, 6.45) is 1.09. The van der Waals surface area contributed by atoms with Gasteiger partial charge >= 0.3 is 11.9 Å². The van der Waals surface area contributed by atoms with Crippen LogP contribution in [0.5, 0.6) is 0 Å². The Morgan fingerprint density at radius 2 is 1.45 bits per heavy atom. The van der Waals surface area contributed by atoms with Gasteiger partial charge in [-0.15, -0.1) is 0 Å². The Labute approximate surface area is 199 Å². The van der Waals surface area contributed by atoms with E-state index in [2.05, 4.69) is 28.6 Å². The van der Waals surface area contributed by atoms with Crippen LogP contribution in [-0.2, 0) is 24.0 Å². The van der Waals surface area contributed by atoms with E-state index in [1.54, 1.807) is 13.8 Å². The van der Waals surface area contributed by atoms with Gasteiger partial charge in [-0.05, 0) is 38.1 Å². The Balaban J connectivity index is 5.56. The molecule has 9 N–H and O–H groups in total. The molecule has 0 bridgehead atoms. The summed E-state index contributed by atoms with van der Waals surface area (Å²) >= 11 is 3.96. The van der Waals surface area contributed by atoms with Crippen LogP contribution >= 0.6 is 12.6 Å². The van der Waals surface area contributed by atoms with Crippen molar-refractivity contribution in [3.8, 4) is 0 Å². The number of nitrogens with one attached hydrogen (secondary N) is 3. The molecule has 12 nitrogen and oxygen atoms in total. The maximum absolute atomic E-state index is 12.9. The molecule has 0 saturated heterocycles. The van der Waals surface area contributed by atoms with Crippen molar-refractivity contribution in [2.24, 2.45) is 17.4 Å². The molecule has 33 heavy (non-hydrogen) atoms. The molecule has 0 aromatic carbocycles. The molecule has 0 spiro atoms. The lowest BCUT2D eigenvalue weighted by Gasteiger charge is -2.26. The normalized spacial score (nSPS) is 15.4. The van der Waals surface area contributed by atoms with Crippen molar-refractivity contribution in [2.45, 2.75) is 76.5 Å². The number of amides is 3. The van der Waals surface area contributed by atoms with Crippen molar-refractivity contribution < 1.29 is 34.2 Å². The van der Waals surface area contributed by atoms with E-state index < -0.39 is 66.2 Å². The van der Waals surface area contributed by atoms with Gasteiger partial charge in [0.25, 0.3) is 0 Å². The number of carbonyl (C=O) groups is 5. The monoisotopic (exact) mass is 491 g/mol. The molecule has 190 valence electrons. The van der Waals surface area contributed by atoms with Crippen molar-refractivity contribution in [1.29, 1.82) is 0 Å². The third-order valence-corrected chi connectivity index (χ3v) is 5.56. The van der Waals surface area contributed by atoms with Crippen LogP contribution in [0, 0.1) is 5.92 Å². The van der Waals surface area contributed by atoms with Crippen LogP contribution in [0.3, 0.4) is 0 Å². The number of hydrogen-bond donors (Lipinski definition) is 8. The molecule has 0 fully saturated rings. The number of unbranched alkanes of at least 4 members (excludes halogenated alkanes) is 1. The second kappa shape index (κ2) is 16.3. The minimum Gasteiger partial charge on any atom is -0.481 e. The van der Waals surface area contributed by atoms with Gasteiger partial charge in [-0.1, -0.05) is 20.3 Å². The third-order valence-electron chi connectivity index (χ3n) is 5.17. The van der Waals surface area contributed by atoms with Gasteiger partial charge in [0, 0.05) is 12.2 Å². The van der Waals surface area contributed by atoms with Crippen molar-refractivity contribution in [3.05, 3.63) is 0 Å². The van der Waals surface area contributed by atoms with E-state index >= 15 is 0 Å². The summed E-state index contributed by atoms with van der Waals surface area (Å²) in [6.45, 7) is 3.80. The lowest BCUT2D eigenvalue weighted by molar-refractivity contribution is -0.144. The predicted octanol–water partition coefficient (Wildman–Crippen LogP) is -1.18. The number of nitrogens with two attached hydrogens (primary N) is 2. The first-order valence-electron chi connectivity index (χ1n) is 10.9. The number of rotatable bonds is 17. The number of carbonyl (C=O) groups excluding carboxylic acids is 3. The van der Waals surface area contributed by atoms with Gasteiger partial charge in [0.05, 0.1) is 6.04 Å². The molecule has 0 heterocycles. The van der Waals surface area contributed by atoms with E-state index in [0.29, 0.717) is 25.8 Å². The second-order valence-electron chi connectivity index (χ2n) is 7.84. The summed E-state index contributed by atoms with van der Waals surface area (Å²) in [7, 11) is 0. The van der Waals surface area contributed by atoms with E-state index in [1.807, 2.05) is 0 Å². The zero-order valence-corrected chi connectivity index (χ0v) is 20.0. The maximum atomic E-state index is 12.9. The maximum Gasteiger partial charge on any atom is 0.326 e. The molecule has 5 unspecified atom stereocenters. The SMILES string of the molecule is CCC(C)C(NC(=O)C(CCC(=O)O)NC(=O)C(CCCCN)NC(=O)C(N)CS)C(=O)O. The molecule has 0 aromatic rings. The number of carboxylic acids is 2. The Hall–Kier alpha value is -2.38. The van der Waals surface area contributed by atoms with Crippen LogP contribution in [0.25, 0.3) is 0 Å². The quantitative estimate of drug-likeness (QED) is 0.0906. The highest BCUT2D eigenvalue weighted by Crippen LogP contribution is 2.10. The van der Waals surface area contributed by atoms with E-state index in [-0.39, 0.29) is 18.6 Å². The van der Waals surface area contributed by atoms with Crippen molar-refractivity contribution in [3.63, 3.8) is 0 Å². The minimum absolute atomic E-state index is 0.0544. The molecule has 0 aliphatic rings. The van der Waals surface area contributed by atoms with Gasteiger partial charge in [0.15, 0.2) is 0 Å². The van der Waals surface area contributed by atoms with Gasteiger partial charge in [-0.25, -0.2) is 4.79 Å². The van der Waals surface area contributed by atoms with E-state index in [4.69, 9.17) is 16.6 Å². The number of thiol groups is 1. The van der Waals surface area contributed by atoms with E-state index in [9.17, 15) is 29.1 Å². The highest BCUT2D eigenvalue weighted by Gasteiger charge is 2.32. The number of hydrogen-bond acceptors (Lipinski definition) is 8. The standard InChI is InChI=1S/C20H37N5O7S/c1-3-11(2)16(20(31)32)25-19(30)14(7-8-15(26)27)24-18(29)13(6-4-5-9-21)23-17(28)12(22)10-33/h11-14,16,33H,3-10,21-22H2,1-2H3,(H,23,28)(H,24,29)(H,25,30)(H,26,27)(H,31,32). The number of aliphatic carboxylic acids is 2. The summed E-state index contributed by atoms with van der Waals surface area (Å²) in [5, 5.41) is 25.8. The van der Waals surface area contributed by atoms with Crippen LogP contribution in [-0.4, -0.2) is 76.3 Å². The van der Waals surface area contributed by atoms with Gasteiger partial charge in [-0.3, -0.25) is 19.2 Å². The Morgan fingerprint density at radius 3 is 1.94 bits per heavy atom. The average Bonchev–Trinajstić information content (AvgIpc) is 2.77. The van der Waals surface area contributed by atoms with Crippen LogP contribution in [0.4, 0.5) is 0 Å². The van der Waals surface area contributed by atoms with E-state index in [1.165, 1.54) is 0 Å². The molecular weight excluding hydrogens is 454 g/mol. The first-order valence-corrected chi connectivity index (χ1v) is 11.5. The summed E-state index contributed by atoms with van der Waals surface area (Å²) in [4.78, 5) is 60.4. The van der Waals surface area contributed by atoms with Crippen LogP contribution in [0.15, 0.2) is 0 Å². The average molecular weight is 492 g/mol. The van der Waals surface area contributed by atoms with Gasteiger partial charge < -0.3 is 37.6 Å². The van der Waals surface area contributed by atoms with Gasteiger partial charge in [0.1, 0.15) is 18.1 Å². The van der Waals surface area contributed by atoms with Crippen LogP contribution in [0.1, 0.15) is 52.4 Å². The fraction of sp³-hybridized carbons (Fsp3) is 0.750. The molecule has 0 saturated carbocycles. The zero-order valence-electron chi connectivity index (χ0n) is 19.1. The summed E-state index contributed by atoms with van der Waals surface area (Å²) in [5.74, 6) is -4.91. The molecule has 0 radical (unpaired) electrons. The zero-order chi connectivity index (χ0) is 25.6. The third kappa shape index (κ3) is 11.9. The van der Waals surface area contributed by atoms with E-state index in [0.717, 1.165) is 0 Å². The fourth-order valence-corrected chi connectivity index (χ4v) is 3.03. The molecule has 5 atom stereocenters. The summed E-state index contributed by atoms with van der Waals surface area (Å²) in [5.41, 5.74) is 11.1. The van der Waals surface area contributed by atoms with Crippen molar-refractivity contribution >= 4 is 42.3 Å². The second-order valence-corrected chi connectivity index (χ2v) is 8.20. The number of carboxylic acid groups (broad SMARTS) is 2. The highest BCUT2D eigenvalue weighted by molar-refractivity contribution is 7.80. The topological polar surface area (TPSA) is 214 Å². The van der Waals surface area contributed by atoms with Crippen LogP contribution in [0.2, 0.25) is 0 Å². The van der Waals surface area contributed by atoms with Crippen molar-refractivity contribution in [2.75, 3.05) is 12.3 Å². The summed E-state index contributed by atoms with van der Waals surface area (Å²) in [6, 6.07) is -4.51. The van der Waals surface area contributed by atoms with Gasteiger partial charge in [-0.2, -0.15) is 12.6 Å². The first kappa shape index (κ1) is 30.6. The van der Waals surface area contributed by atoms with Gasteiger partial charge in [0.2, 0.25) is 17.7 Å². The smallest absolute Gasteiger partial charge is 0.326 e. The summed E-state index contributed by atoms with van der Waals surface area (Å²) < 4.78 is 0. The largest absolute Gasteiger partial charge is 0.481 e. The lowest BCUT2D eigenvalue weighted by atomic mass is 9.98. The molecular formula is C20H37N5O7S. The Bertz CT molecular complexity index is 679. The molecule has 3 amide bonds. The molecule has 0 aromatic heterocycles. The fourth-order valence-electron chi connectivity index (χ4n) is 2.87. The van der Waals surface area contributed by atoms with Crippen LogP contribution < -0.4 is 27.4 Å². The van der Waals surface area contributed by atoms with Crippen molar-refractivity contribution in [1.82, 2.24) is 16.0 Å². The highest BCUT2D eigenvalue weighted by atomic mass is 32.1. The molecule has 0 rings (SSSR count). The minimum atomic E-state index is -1.31. The molecule has 0 aliphatic carbocycles. The first-order chi connectivity index (χ1) is 15.5.